The van der Waals surface area contributed by atoms with Crippen LogP contribution in [0, 0.1) is 5.82 Å². The maximum atomic E-state index is 13.2. The topological polar surface area (TPSA) is 22.1 Å². The number of thiocarbonyl (C=S) groups is 1. The van der Waals surface area contributed by atoms with E-state index in [-0.39, 0.29) is 5.82 Å². The molecule has 2 aromatic rings. The lowest BCUT2D eigenvalue weighted by molar-refractivity contribution is 0.400. The van der Waals surface area contributed by atoms with Crippen LogP contribution in [0.3, 0.4) is 0 Å². The largest absolute Gasteiger partial charge is 0.480 e. The van der Waals surface area contributed by atoms with Gasteiger partial charge in [-0.05, 0) is 18.6 Å². The van der Waals surface area contributed by atoms with Gasteiger partial charge in [0.1, 0.15) is 15.7 Å². The van der Waals surface area contributed by atoms with Crippen molar-refractivity contribution >= 4 is 28.4 Å². The Morgan fingerprint density at radius 1 is 1.50 bits per heavy atom. The number of aromatic nitrogens is 1. The fraction of sp³-hybridized carbons (Fsp3) is 0.231. The lowest BCUT2D eigenvalue weighted by Gasteiger charge is -1.98. The Morgan fingerprint density at radius 3 is 2.89 bits per heavy atom. The SMILES string of the molecule is CCC(=S)c1sc(-c2cccc(F)c2)nc1OC. The third kappa shape index (κ3) is 2.57. The number of methoxy groups -OCH3 is 1. The van der Waals surface area contributed by atoms with Crippen molar-refractivity contribution in [3.05, 3.63) is 35.0 Å². The van der Waals surface area contributed by atoms with E-state index in [2.05, 4.69) is 4.98 Å². The number of halogens is 1. The molecule has 0 amide bonds. The Morgan fingerprint density at radius 2 is 2.28 bits per heavy atom. The average molecular weight is 281 g/mol. The van der Waals surface area contributed by atoms with Crippen LogP contribution in [0.4, 0.5) is 4.39 Å². The van der Waals surface area contributed by atoms with Crippen molar-refractivity contribution in [1.29, 1.82) is 0 Å². The fourth-order valence-corrected chi connectivity index (χ4v) is 2.78. The van der Waals surface area contributed by atoms with Crippen LogP contribution in [-0.2, 0) is 0 Å². The predicted molar refractivity (Wildman–Crippen MR) is 76.1 cm³/mol. The van der Waals surface area contributed by atoms with Gasteiger partial charge in [0.15, 0.2) is 0 Å². The lowest BCUT2D eigenvalue weighted by atomic mass is 10.2. The summed E-state index contributed by atoms with van der Waals surface area (Å²) in [7, 11) is 1.56. The van der Waals surface area contributed by atoms with Crippen molar-refractivity contribution in [3.63, 3.8) is 0 Å². The van der Waals surface area contributed by atoms with Crippen molar-refractivity contribution < 1.29 is 9.13 Å². The van der Waals surface area contributed by atoms with Crippen molar-refractivity contribution in [2.45, 2.75) is 13.3 Å². The number of rotatable bonds is 4. The molecule has 2 nitrogen and oxygen atoms in total. The van der Waals surface area contributed by atoms with Crippen molar-refractivity contribution in [1.82, 2.24) is 4.98 Å². The standard InChI is InChI=1S/C13H12FNOS2/c1-3-10(17)11-12(16-2)15-13(18-11)8-5-4-6-9(14)7-8/h4-7H,3H2,1-2H3. The second-order valence-electron chi connectivity index (χ2n) is 3.64. The first-order chi connectivity index (χ1) is 8.65. The summed E-state index contributed by atoms with van der Waals surface area (Å²) in [4.78, 5) is 6.02. The molecule has 18 heavy (non-hydrogen) atoms. The Balaban J connectivity index is 2.47. The molecule has 0 fully saturated rings. The van der Waals surface area contributed by atoms with Gasteiger partial charge in [-0.3, -0.25) is 0 Å². The first-order valence-corrected chi connectivity index (χ1v) is 6.72. The van der Waals surface area contributed by atoms with Gasteiger partial charge in [-0.1, -0.05) is 31.3 Å². The monoisotopic (exact) mass is 281 g/mol. The molecule has 1 aromatic carbocycles. The van der Waals surface area contributed by atoms with Crippen LogP contribution in [0.25, 0.3) is 10.6 Å². The number of hydrogen-bond acceptors (Lipinski definition) is 4. The van der Waals surface area contributed by atoms with Crippen LogP contribution in [0.1, 0.15) is 18.2 Å². The molecule has 0 saturated carbocycles. The van der Waals surface area contributed by atoms with E-state index in [9.17, 15) is 4.39 Å². The maximum Gasteiger partial charge on any atom is 0.233 e. The number of thiazole rings is 1. The highest BCUT2D eigenvalue weighted by Gasteiger charge is 2.16. The summed E-state index contributed by atoms with van der Waals surface area (Å²) in [6, 6.07) is 6.35. The maximum absolute atomic E-state index is 13.2. The Hall–Kier alpha value is -1.33. The van der Waals surface area contributed by atoms with Crippen LogP contribution in [0.15, 0.2) is 24.3 Å². The van der Waals surface area contributed by atoms with Crippen molar-refractivity contribution in [2.75, 3.05) is 7.11 Å². The molecular weight excluding hydrogens is 269 g/mol. The summed E-state index contributed by atoms with van der Waals surface area (Å²) in [5.41, 5.74) is 0.739. The highest BCUT2D eigenvalue weighted by atomic mass is 32.1. The molecule has 0 N–H and O–H groups in total. The fourth-order valence-electron chi connectivity index (χ4n) is 1.53. The third-order valence-corrected chi connectivity index (χ3v) is 4.20. The van der Waals surface area contributed by atoms with E-state index in [1.807, 2.05) is 13.0 Å². The second kappa shape index (κ2) is 5.54. The van der Waals surface area contributed by atoms with Gasteiger partial charge in [-0.15, -0.1) is 11.3 Å². The molecule has 0 spiro atoms. The predicted octanol–water partition coefficient (Wildman–Crippen LogP) is 4.09. The van der Waals surface area contributed by atoms with E-state index in [4.69, 9.17) is 17.0 Å². The van der Waals surface area contributed by atoms with Gasteiger partial charge in [0.2, 0.25) is 5.88 Å². The second-order valence-corrected chi connectivity index (χ2v) is 5.14. The van der Waals surface area contributed by atoms with Gasteiger partial charge in [-0.2, -0.15) is 0 Å². The highest BCUT2D eigenvalue weighted by Crippen LogP contribution is 2.33. The van der Waals surface area contributed by atoms with E-state index in [0.29, 0.717) is 5.88 Å². The average Bonchev–Trinajstić information content (AvgIpc) is 2.82. The zero-order valence-corrected chi connectivity index (χ0v) is 11.7. The molecule has 1 heterocycles. The molecule has 5 heteroatoms. The van der Waals surface area contributed by atoms with Gasteiger partial charge >= 0.3 is 0 Å². The molecule has 0 atom stereocenters. The van der Waals surface area contributed by atoms with E-state index >= 15 is 0 Å². The van der Waals surface area contributed by atoms with Crippen molar-refractivity contribution in [2.24, 2.45) is 0 Å². The van der Waals surface area contributed by atoms with E-state index < -0.39 is 0 Å². The number of nitrogens with zero attached hydrogens (tertiary/aromatic N) is 1. The molecular formula is C13H12FNOS2. The number of ether oxygens (including phenoxy) is 1. The summed E-state index contributed by atoms with van der Waals surface area (Å²) in [5, 5.41) is 0.720. The molecule has 0 saturated heterocycles. The van der Waals surface area contributed by atoms with Crippen LogP contribution >= 0.6 is 23.6 Å². The van der Waals surface area contributed by atoms with Crippen LogP contribution < -0.4 is 4.74 Å². The zero-order valence-electron chi connectivity index (χ0n) is 10.1. The Labute approximate surface area is 114 Å². The highest BCUT2D eigenvalue weighted by molar-refractivity contribution is 7.81. The quantitative estimate of drug-likeness (QED) is 0.622. The summed E-state index contributed by atoms with van der Waals surface area (Å²) in [6.07, 6.45) is 0.760. The molecule has 0 radical (unpaired) electrons. The van der Waals surface area contributed by atoms with Gasteiger partial charge in [0.05, 0.1) is 7.11 Å². The first kappa shape index (κ1) is 13.1. The van der Waals surface area contributed by atoms with E-state index in [0.717, 1.165) is 26.7 Å². The van der Waals surface area contributed by atoms with E-state index in [1.165, 1.54) is 23.5 Å². The molecule has 0 unspecified atom stereocenters. The summed E-state index contributed by atoms with van der Waals surface area (Å²) in [6.45, 7) is 1.99. The Bertz CT molecular complexity index is 580. The summed E-state index contributed by atoms with van der Waals surface area (Å²) >= 11 is 6.72. The smallest absolute Gasteiger partial charge is 0.233 e. The number of hydrogen-bond donors (Lipinski definition) is 0. The molecule has 94 valence electrons. The normalized spacial score (nSPS) is 10.4. The van der Waals surface area contributed by atoms with E-state index in [1.54, 1.807) is 13.2 Å². The number of benzene rings is 1. The minimum Gasteiger partial charge on any atom is -0.480 e. The van der Waals surface area contributed by atoms with Gasteiger partial charge in [-0.25, -0.2) is 9.37 Å². The van der Waals surface area contributed by atoms with Crippen LogP contribution in [0.2, 0.25) is 0 Å². The zero-order chi connectivity index (χ0) is 13.1. The van der Waals surface area contributed by atoms with Gasteiger partial charge < -0.3 is 4.74 Å². The van der Waals surface area contributed by atoms with Crippen molar-refractivity contribution in [3.8, 4) is 16.5 Å². The van der Waals surface area contributed by atoms with Crippen LogP contribution in [0.5, 0.6) is 5.88 Å². The molecule has 1 aromatic heterocycles. The lowest BCUT2D eigenvalue weighted by Crippen LogP contribution is -1.95. The van der Waals surface area contributed by atoms with Crippen LogP contribution in [-0.4, -0.2) is 17.0 Å². The molecule has 0 aliphatic rings. The third-order valence-electron chi connectivity index (χ3n) is 2.44. The summed E-state index contributed by atoms with van der Waals surface area (Å²) < 4.78 is 18.4. The minimum absolute atomic E-state index is 0.277. The van der Waals surface area contributed by atoms with Gasteiger partial charge in [0, 0.05) is 10.4 Å². The molecule has 0 bridgehead atoms. The summed E-state index contributed by atoms with van der Waals surface area (Å²) in [5.74, 6) is 0.243. The van der Waals surface area contributed by atoms with Gasteiger partial charge in [0.25, 0.3) is 0 Å². The molecule has 2 rings (SSSR count). The Kier molecular flexibility index (Phi) is 4.04. The first-order valence-electron chi connectivity index (χ1n) is 5.49. The molecule has 0 aliphatic carbocycles. The molecule has 0 aliphatic heterocycles. The minimum atomic E-state index is -0.277.